The highest BCUT2D eigenvalue weighted by atomic mass is 35.5. The Morgan fingerprint density at radius 3 is 2.72 bits per heavy atom. The number of fused-ring (bicyclic) bond motifs is 1. The molecule has 3 N–H and O–H groups in total. The van der Waals surface area contributed by atoms with Crippen molar-refractivity contribution in [2.24, 2.45) is 0 Å². The Labute approximate surface area is 193 Å². The maximum Gasteiger partial charge on any atom is 0.276 e. The van der Waals surface area contributed by atoms with Crippen molar-refractivity contribution in [3.8, 4) is 5.75 Å². The van der Waals surface area contributed by atoms with Crippen LogP contribution in [0.3, 0.4) is 0 Å². The zero-order chi connectivity index (χ0) is 22.8. The van der Waals surface area contributed by atoms with Gasteiger partial charge in [0.25, 0.3) is 5.91 Å². The summed E-state index contributed by atoms with van der Waals surface area (Å²) in [5.41, 5.74) is 2.01. The number of carbonyl (C=O) groups is 1. The molecule has 1 aromatic carbocycles. The highest BCUT2D eigenvalue weighted by molar-refractivity contribution is 6.35. The predicted molar refractivity (Wildman–Crippen MR) is 121 cm³/mol. The van der Waals surface area contributed by atoms with Crippen LogP contribution in [0.1, 0.15) is 36.0 Å². The van der Waals surface area contributed by atoms with Gasteiger partial charge in [0.1, 0.15) is 11.9 Å². The molecule has 32 heavy (non-hydrogen) atoms. The standard InChI is InChI=1S/C21H20Cl2N6O3/c1-11(30)9-29-10-13(6-25-29)26-21(31)20-15-5-14(3-4-18(15)27-28-20)32-12(2)19-16(22)7-24-8-17(19)23/h3-8,10-12,30H,9H2,1-2H3,(H,26,31)(H,27,28)/t11-,12-/m1/s1. The number of H-pyrrole nitrogens is 1. The third-order valence-electron chi connectivity index (χ3n) is 4.70. The van der Waals surface area contributed by atoms with Crippen LogP contribution in [0.5, 0.6) is 5.75 Å². The second-order valence-electron chi connectivity index (χ2n) is 7.31. The summed E-state index contributed by atoms with van der Waals surface area (Å²) in [5, 5.41) is 24.7. The quantitative estimate of drug-likeness (QED) is 0.368. The van der Waals surface area contributed by atoms with Crippen LogP contribution in [0, 0.1) is 0 Å². The number of amides is 1. The first-order chi connectivity index (χ1) is 15.3. The first kappa shape index (κ1) is 22.1. The van der Waals surface area contributed by atoms with Gasteiger partial charge in [0, 0.05) is 29.5 Å². The molecule has 0 fully saturated rings. The Morgan fingerprint density at radius 1 is 1.25 bits per heavy atom. The van der Waals surface area contributed by atoms with Gasteiger partial charge >= 0.3 is 0 Å². The smallest absolute Gasteiger partial charge is 0.276 e. The fourth-order valence-corrected chi connectivity index (χ4v) is 3.97. The fraction of sp³-hybridized carbons (Fsp3) is 0.238. The van der Waals surface area contributed by atoms with Gasteiger partial charge in [-0.05, 0) is 32.0 Å². The number of aliphatic hydroxyl groups excluding tert-OH is 1. The van der Waals surface area contributed by atoms with E-state index in [4.69, 9.17) is 27.9 Å². The SMILES string of the molecule is C[C@@H](O)Cn1cc(NC(=O)c2n[nH]c3ccc(O[C@H](C)c4c(Cl)cncc4Cl)cc23)cn1. The number of benzene rings is 1. The maximum absolute atomic E-state index is 12.8. The van der Waals surface area contributed by atoms with E-state index in [9.17, 15) is 9.90 Å². The Hall–Kier alpha value is -3.14. The third-order valence-corrected chi connectivity index (χ3v) is 5.30. The van der Waals surface area contributed by atoms with Gasteiger partial charge in [-0.3, -0.25) is 19.6 Å². The molecule has 0 radical (unpaired) electrons. The number of nitrogens with zero attached hydrogens (tertiary/aromatic N) is 4. The molecule has 3 heterocycles. The number of rotatable bonds is 7. The molecule has 0 saturated carbocycles. The molecule has 0 bridgehead atoms. The number of pyridine rings is 1. The molecule has 11 heteroatoms. The number of nitrogens with one attached hydrogen (secondary N) is 2. The average molecular weight is 475 g/mol. The Kier molecular flexibility index (Phi) is 6.31. The van der Waals surface area contributed by atoms with Gasteiger partial charge in [0.15, 0.2) is 5.69 Å². The maximum atomic E-state index is 12.8. The average Bonchev–Trinajstić information content (AvgIpc) is 3.33. The minimum atomic E-state index is -0.550. The molecule has 0 aliphatic rings. The molecule has 4 aromatic rings. The van der Waals surface area contributed by atoms with E-state index in [1.54, 1.807) is 36.0 Å². The highest BCUT2D eigenvalue weighted by Gasteiger charge is 2.19. The van der Waals surface area contributed by atoms with Crippen LogP contribution in [-0.2, 0) is 6.54 Å². The van der Waals surface area contributed by atoms with E-state index in [0.29, 0.717) is 44.5 Å². The van der Waals surface area contributed by atoms with Gasteiger partial charge in [-0.25, -0.2) is 0 Å². The summed E-state index contributed by atoms with van der Waals surface area (Å²) in [6, 6.07) is 5.27. The number of halogens is 2. The van der Waals surface area contributed by atoms with Crippen LogP contribution in [-0.4, -0.2) is 42.1 Å². The highest BCUT2D eigenvalue weighted by Crippen LogP contribution is 2.33. The van der Waals surface area contributed by atoms with Gasteiger partial charge in [-0.2, -0.15) is 10.2 Å². The van der Waals surface area contributed by atoms with Crippen molar-refractivity contribution in [1.29, 1.82) is 0 Å². The summed E-state index contributed by atoms with van der Waals surface area (Å²) >= 11 is 12.5. The normalized spacial score (nSPS) is 13.2. The molecule has 1 amide bonds. The van der Waals surface area contributed by atoms with E-state index >= 15 is 0 Å². The number of hydrogen-bond donors (Lipinski definition) is 3. The van der Waals surface area contributed by atoms with Gasteiger partial charge in [-0.15, -0.1) is 0 Å². The van der Waals surface area contributed by atoms with E-state index < -0.39 is 18.1 Å². The fourth-order valence-electron chi connectivity index (χ4n) is 3.30. The molecule has 166 valence electrons. The number of carbonyl (C=O) groups excluding carboxylic acids is 1. The largest absolute Gasteiger partial charge is 0.486 e. The number of aliphatic hydroxyl groups is 1. The van der Waals surface area contributed by atoms with E-state index in [-0.39, 0.29) is 5.69 Å². The summed E-state index contributed by atoms with van der Waals surface area (Å²) in [7, 11) is 0. The van der Waals surface area contributed by atoms with E-state index in [2.05, 4.69) is 25.6 Å². The summed E-state index contributed by atoms with van der Waals surface area (Å²) in [6.45, 7) is 3.81. The van der Waals surface area contributed by atoms with Crippen molar-refractivity contribution in [3.05, 3.63) is 64.3 Å². The third kappa shape index (κ3) is 4.69. The lowest BCUT2D eigenvalue weighted by Crippen LogP contribution is -2.13. The van der Waals surface area contributed by atoms with Crippen LogP contribution < -0.4 is 10.1 Å². The monoisotopic (exact) mass is 474 g/mol. The molecule has 0 spiro atoms. The molecule has 3 aromatic heterocycles. The lowest BCUT2D eigenvalue weighted by molar-refractivity contribution is 0.102. The number of hydrogen-bond acceptors (Lipinski definition) is 6. The molecule has 4 rings (SSSR count). The van der Waals surface area contributed by atoms with Crippen molar-refractivity contribution in [2.45, 2.75) is 32.6 Å². The minimum Gasteiger partial charge on any atom is -0.486 e. The summed E-state index contributed by atoms with van der Waals surface area (Å²) < 4.78 is 7.57. The number of aromatic nitrogens is 5. The number of aromatic amines is 1. The Balaban J connectivity index is 1.55. The molecule has 0 saturated heterocycles. The van der Waals surface area contributed by atoms with Gasteiger partial charge in [-0.1, -0.05) is 23.2 Å². The zero-order valence-electron chi connectivity index (χ0n) is 17.2. The predicted octanol–water partition coefficient (Wildman–Crippen LogP) is 4.23. The summed E-state index contributed by atoms with van der Waals surface area (Å²) in [5.74, 6) is 0.118. The molecule has 9 nitrogen and oxygen atoms in total. The lowest BCUT2D eigenvalue weighted by Gasteiger charge is -2.17. The van der Waals surface area contributed by atoms with Crippen molar-refractivity contribution in [3.63, 3.8) is 0 Å². The first-order valence-corrected chi connectivity index (χ1v) is 10.5. The topological polar surface area (TPSA) is 118 Å². The van der Waals surface area contributed by atoms with E-state index in [0.717, 1.165) is 0 Å². The number of ether oxygens (including phenoxy) is 1. The van der Waals surface area contributed by atoms with Crippen molar-refractivity contribution < 1.29 is 14.6 Å². The van der Waals surface area contributed by atoms with Crippen LogP contribution in [0.25, 0.3) is 10.9 Å². The summed E-state index contributed by atoms with van der Waals surface area (Å²) in [4.78, 5) is 16.8. The van der Waals surface area contributed by atoms with Gasteiger partial charge in [0.05, 0.1) is 40.1 Å². The van der Waals surface area contributed by atoms with Crippen molar-refractivity contribution >= 4 is 45.7 Å². The lowest BCUT2D eigenvalue weighted by atomic mass is 10.1. The second-order valence-corrected chi connectivity index (χ2v) is 8.13. The van der Waals surface area contributed by atoms with Crippen molar-refractivity contribution in [2.75, 3.05) is 5.32 Å². The first-order valence-electron chi connectivity index (χ1n) is 9.77. The van der Waals surface area contributed by atoms with Gasteiger partial charge in [0.2, 0.25) is 0 Å². The van der Waals surface area contributed by atoms with Gasteiger partial charge < -0.3 is 15.2 Å². The minimum absolute atomic E-state index is 0.210. The van der Waals surface area contributed by atoms with Crippen LogP contribution >= 0.6 is 23.2 Å². The van der Waals surface area contributed by atoms with E-state index in [1.807, 2.05) is 6.92 Å². The molecule has 0 unspecified atom stereocenters. The second kappa shape index (κ2) is 9.15. The Morgan fingerprint density at radius 2 is 2.00 bits per heavy atom. The molecule has 0 aliphatic heterocycles. The number of anilines is 1. The van der Waals surface area contributed by atoms with E-state index in [1.165, 1.54) is 18.6 Å². The van der Waals surface area contributed by atoms with Crippen LogP contribution in [0.4, 0.5) is 5.69 Å². The zero-order valence-corrected chi connectivity index (χ0v) is 18.7. The van der Waals surface area contributed by atoms with Crippen LogP contribution in [0.2, 0.25) is 10.0 Å². The Bertz CT molecular complexity index is 1250. The summed E-state index contributed by atoms with van der Waals surface area (Å²) in [6.07, 6.45) is 5.16. The molecule has 2 atom stereocenters. The van der Waals surface area contributed by atoms with Crippen molar-refractivity contribution in [1.82, 2.24) is 25.0 Å². The van der Waals surface area contributed by atoms with Crippen LogP contribution in [0.15, 0.2) is 43.0 Å². The molecular weight excluding hydrogens is 455 g/mol. The molecular formula is C21H20Cl2N6O3. The molecule has 0 aliphatic carbocycles.